The van der Waals surface area contributed by atoms with Crippen molar-refractivity contribution in [3.05, 3.63) is 0 Å². The summed E-state index contributed by atoms with van der Waals surface area (Å²) in [5.41, 5.74) is -1.11. The molecule has 0 radical (unpaired) electrons. The molecule has 0 saturated heterocycles. The van der Waals surface area contributed by atoms with E-state index in [-0.39, 0.29) is 19.7 Å². The van der Waals surface area contributed by atoms with E-state index in [1.165, 1.54) is 6.92 Å². The number of ether oxygens (including phenoxy) is 3. The number of carboxylic acid groups (broad SMARTS) is 1. The summed E-state index contributed by atoms with van der Waals surface area (Å²) in [5.74, 6) is -1.54. The molecule has 0 bridgehead atoms. The predicted molar refractivity (Wildman–Crippen MR) is 160 cm³/mol. The Morgan fingerprint density at radius 1 is 0.725 bits per heavy atom. The van der Waals surface area contributed by atoms with Gasteiger partial charge in [0, 0.05) is 8.03 Å². The quantitative estimate of drug-likeness (QED) is 0.184. The number of hydrogen-bond acceptors (Lipinski definition) is 8. The van der Waals surface area contributed by atoms with Crippen molar-refractivity contribution >= 4 is 24.1 Å². The second-order valence-corrected chi connectivity index (χ2v) is 12.9. The molecule has 0 aliphatic rings. The number of carbonyl (C=O) groups excluding carboxylic acids is 3. The van der Waals surface area contributed by atoms with E-state index in [0.29, 0.717) is 13.2 Å². The van der Waals surface area contributed by atoms with Crippen LogP contribution >= 0.6 is 0 Å². The van der Waals surface area contributed by atoms with Crippen LogP contribution in [0.5, 0.6) is 0 Å². The molecule has 2 amide bonds. The molecule has 0 rings (SSSR count). The Bertz CT molecular complexity index is 752. The highest BCUT2D eigenvalue weighted by Crippen LogP contribution is 2.20. The number of nitrogens with one attached hydrogen (secondary N) is 2. The first kappa shape index (κ1) is 44.5. The molecule has 11 nitrogen and oxygen atoms in total. The van der Waals surface area contributed by atoms with E-state index >= 15 is 0 Å². The van der Waals surface area contributed by atoms with Gasteiger partial charge in [-0.1, -0.05) is 49.0 Å². The summed E-state index contributed by atoms with van der Waals surface area (Å²) >= 11 is 0. The molecule has 40 heavy (non-hydrogen) atoms. The highest BCUT2D eigenvalue weighted by molar-refractivity contribution is 5.81. The van der Waals surface area contributed by atoms with Gasteiger partial charge in [0.1, 0.15) is 23.3 Å². The fourth-order valence-electron chi connectivity index (χ4n) is 1.69. The zero-order valence-corrected chi connectivity index (χ0v) is 26.7. The molecule has 0 fully saturated rings. The standard InChI is InChI=1S/C14H27NO4.C8H15NO4.C6H14O.CH4.H2/c1-8-14(6,7)9-18-11(16)10(2)15-12(17)19-13(3,4)5;1-5(6(10)11)9-7(12)13-8(2,3)4;1-4-6(2,3)5-7;;/h10H,8-9H2,1-7H3,(H,15,17);5H,1-4H3,(H,9,12)(H,10,11);7H,4-5H2,1-3H3;1H4;1H/t10-;5-;;;/m00.../s1. The van der Waals surface area contributed by atoms with E-state index < -0.39 is 47.4 Å². The lowest BCUT2D eigenvalue weighted by atomic mass is 9.92. The Labute approximate surface area is 244 Å². The molecule has 11 heteroatoms. The number of carboxylic acids is 1. The molecule has 0 aromatic carbocycles. The highest BCUT2D eigenvalue weighted by atomic mass is 16.6. The van der Waals surface area contributed by atoms with Gasteiger partial charge >= 0.3 is 24.1 Å². The van der Waals surface area contributed by atoms with Gasteiger partial charge in [0.2, 0.25) is 0 Å². The van der Waals surface area contributed by atoms with Crippen molar-refractivity contribution in [3.8, 4) is 0 Å². The average Bonchev–Trinajstić information content (AvgIpc) is 2.75. The molecule has 0 aromatic rings. The van der Waals surface area contributed by atoms with Gasteiger partial charge in [0.05, 0.1) is 6.61 Å². The SMILES string of the molecule is C.CCC(C)(C)CO.CCC(C)(C)COC(=O)[C@H](C)NC(=O)OC(C)(C)C.C[C@H](NC(=O)OC(C)(C)C)C(=O)O.[HH]. The monoisotopic (exact) mass is 582 g/mol. The Hall–Kier alpha value is -2.56. The van der Waals surface area contributed by atoms with E-state index in [1.807, 2.05) is 34.6 Å². The van der Waals surface area contributed by atoms with Gasteiger partial charge in [0.15, 0.2) is 0 Å². The minimum Gasteiger partial charge on any atom is -0.480 e. The van der Waals surface area contributed by atoms with Crippen LogP contribution < -0.4 is 10.6 Å². The van der Waals surface area contributed by atoms with Gasteiger partial charge in [-0.2, -0.15) is 0 Å². The summed E-state index contributed by atoms with van der Waals surface area (Å²) < 4.78 is 15.1. The number of rotatable bonds is 9. The number of aliphatic hydroxyl groups is 1. The van der Waals surface area contributed by atoms with Crippen LogP contribution in [0.1, 0.15) is 119 Å². The minimum absolute atomic E-state index is 0. The van der Waals surface area contributed by atoms with Crippen molar-refractivity contribution in [2.45, 2.75) is 140 Å². The largest absolute Gasteiger partial charge is 0.480 e. The summed E-state index contributed by atoms with van der Waals surface area (Å²) in [5, 5.41) is 21.7. The van der Waals surface area contributed by atoms with Crippen LogP contribution in [0.3, 0.4) is 0 Å². The van der Waals surface area contributed by atoms with Gasteiger partial charge in [-0.05, 0) is 79.1 Å². The predicted octanol–water partition coefficient (Wildman–Crippen LogP) is 6.16. The second kappa shape index (κ2) is 19.5. The fraction of sp³-hybridized carbons (Fsp3) is 0.862. The lowest BCUT2D eigenvalue weighted by Gasteiger charge is -2.24. The minimum atomic E-state index is -1.09. The number of carbonyl (C=O) groups is 4. The maximum absolute atomic E-state index is 11.7. The zero-order chi connectivity index (χ0) is 31.8. The van der Waals surface area contributed by atoms with Crippen LogP contribution in [-0.2, 0) is 23.8 Å². The van der Waals surface area contributed by atoms with Gasteiger partial charge in [0.25, 0.3) is 0 Å². The number of amides is 2. The normalized spacial score (nSPS) is 12.9. The first-order valence-corrected chi connectivity index (χ1v) is 13.3. The molecule has 0 unspecified atom stereocenters. The Morgan fingerprint density at radius 3 is 1.32 bits per heavy atom. The maximum atomic E-state index is 11.7. The van der Waals surface area contributed by atoms with Crippen LogP contribution in [0, 0.1) is 10.8 Å². The second-order valence-electron chi connectivity index (χ2n) is 12.9. The van der Waals surface area contributed by atoms with Crippen molar-refractivity contribution in [3.63, 3.8) is 0 Å². The number of esters is 1. The van der Waals surface area contributed by atoms with Crippen molar-refractivity contribution in [1.29, 1.82) is 0 Å². The molecular formula is C29H62N2O9. The summed E-state index contributed by atoms with van der Waals surface area (Å²) in [7, 11) is 0. The first-order chi connectivity index (χ1) is 17.3. The Kier molecular flexibility index (Phi) is 21.7. The van der Waals surface area contributed by atoms with Crippen molar-refractivity contribution in [2.24, 2.45) is 10.8 Å². The average molecular weight is 583 g/mol. The molecule has 0 spiro atoms. The van der Waals surface area contributed by atoms with E-state index in [9.17, 15) is 19.2 Å². The van der Waals surface area contributed by atoms with Gasteiger partial charge in [-0.15, -0.1) is 0 Å². The topological polar surface area (TPSA) is 160 Å². The molecule has 0 heterocycles. The molecule has 0 aliphatic heterocycles. The van der Waals surface area contributed by atoms with Crippen LogP contribution in [0.4, 0.5) is 9.59 Å². The van der Waals surface area contributed by atoms with Gasteiger partial charge in [-0.3, -0.25) is 4.79 Å². The number of aliphatic carboxylic acids is 1. The Morgan fingerprint density at radius 2 is 1.07 bits per heavy atom. The van der Waals surface area contributed by atoms with Crippen LogP contribution in [0.15, 0.2) is 0 Å². The van der Waals surface area contributed by atoms with Gasteiger partial charge < -0.3 is 35.1 Å². The van der Waals surface area contributed by atoms with E-state index in [0.717, 1.165) is 12.8 Å². The lowest BCUT2D eigenvalue weighted by Crippen LogP contribution is -2.43. The molecule has 0 saturated carbocycles. The molecule has 4 N–H and O–H groups in total. The van der Waals surface area contributed by atoms with Crippen molar-refractivity contribution < 1.29 is 45.0 Å². The number of aliphatic hydroxyl groups excluding tert-OH is 1. The van der Waals surface area contributed by atoms with E-state index in [2.05, 4.69) is 17.6 Å². The highest BCUT2D eigenvalue weighted by Gasteiger charge is 2.24. The van der Waals surface area contributed by atoms with Crippen molar-refractivity contribution in [1.82, 2.24) is 10.6 Å². The third kappa shape index (κ3) is 28.4. The van der Waals surface area contributed by atoms with Crippen LogP contribution in [0.2, 0.25) is 0 Å². The van der Waals surface area contributed by atoms with Crippen LogP contribution in [-0.4, -0.2) is 70.8 Å². The summed E-state index contributed by atoms with van der Waals surface area (Å²) in [6.45, 7) is 26.2. The third-order valence-corrected chi connectivity index (χ3v) is 5.14. The molecule has 0 aromatic heterocycles. The summed E-state index contributed by atoms with van der Waals surface area (Å²) in [6, 6.07) is -1.66. The van der Waals surface area contributed by atoms with Crippen molar-refractivity contribution in [2.75, 3.05) is 13.2 Å². The van der Waals surface area contributed by atoms with E-state index in [4.69, 9.17) is 24.4 Å². The molecule has 0 aliphatic carbocycles. The summed E-state index contributed by atoms with van der Waals surface area (Å²) in [4.78, 5) is 44.5. The zero-order valence-electron chi connectivity index (χ0n) is 26.7. The van der Waals surface area contributed by atoms with E-state index in [1.54, 1.807) is 48.5 Å². The third-order valence-electron chi connectivity index (χ3n) is 5.14. The number of hydrogen-bond donors (Lipinski definition) is 4. The fourth-order valence-corrected chi connectivity index (χ4v) is 1.69. The molecule has 2 atom stereocenters. The lowest BCUT2D eigenvalue weighted by molar-refractivity contribution is -0.148. The first-order valence-electron chi connectivity index (χ1n) is 13.3. The Balaban J connectivity index is -0.000000171. The summed E-state index contributed by atoms with van der Waals surface area (Å²) in [6.07, 6.45) is 0.617. The smallest absolute Gasteiger partial charge is 0.408 e. The molecule has 242 valence electrons. The number of alkyl carbamates (subject to hydrolysis) is 2. The molecular weight excluding hydrogens is 520 g/mol. The van der Waals surface area contributed by atoms with Crippen LogP contribution in [0.25, 0.3) is 0 Å². The maximum Gasteiger partial charge on any atom is 0.408 e. The van der Waals surface area contributed by atoms with Gasteiger partial charge in [-0.25, -0.2) is 14.4 Å².